The minimum Gasteiger partial charge on any atom is -0.397 e. The largest absolute Gasteiger partial charge is 0.397 e. The Morgan fingerprint density at radius 2 is 1.95 bits per heavy atom. The van der Waals surface area contributed by atoms with E-state index in [2.05, 4.69) is 18.7 Å². The first-order valence-electron chi connectivity index (χ1n) is 7.04. The highest BCUT2D eigenvalue weighted by atomic mass is 35.5. The molecule has 1 aromatic rings. The predicted molar refractivity (Wildman–Crippen MR) is 83.0 cm³/mol. The highest BCUT2D eigenvalue weighted by Gasteiger charge is 2.24. The molecule has 1 fully saturated rings. The van der Waals surface area contributed by atoms with Crippen molar-refractivity contribution in [1.29, 1.82) is 0 Å². The number of halogens is 1. The van der Waals surface area contributed by atoms with E-state index < -0.39 is 0 Å². The van der Waals surface area contributed by atoms with Crippen molar-refractivity contribution >= 4 is 23.2 Å². The Morgan fingerprint density at radius 3 is 2.55 bits per heavy atom. The summed E-state index contributed by atoms with van der Waals surface area (Å²) in [7, 11) is 0. The summed E-state index contributed by atoms with van der Waals surface area (Å²) >= 11 is 5.97. The number of anilines is 1. The summed E-state index contributed by atoms with van der Waals surface area (Å²) in [6.45, 7) is 8.85. The number of hydrogen-bond donors (Lipinski definition) is 1. The number of piperazine rings is 1. The molecule has 0 atom stereocenters. The topological polar surface area (TPSA) is 49.6 Å². The lowest BCUT2D eigenvalue weighted by molar-refractivity contribution is 0.0625. The van der Waals surface area contributed by atoms with Gasteiger partial charge in [0.1, 0.15) is 0 Å². The Kier molecular flexibility index (Phi) is 4.89. The Bertz CT molecular complexity index is 482. The van der Waals surface area contributed by atoms with E-state index in [9.17, 15) is 4.79 Å². The van der Waals surface area contributed by atoms with Gasteiger partial charge in [0.05, 0.1) is 16.3 Å². The van der Waals surface area contributed by atoms with Gasteiger partial charge < -0.3 is 10.6 Å². The van der Waals surface area contributed by atoms with Crippen molar-refractivity contribution in [3.05, 3.63) is 28.8 Å². The number of carbonyl (C=O) groups is 1. The zero-order valence-electron chi connectivity index (χ0n) is 12.1. The Labute approximate surface area is 125 Å². The first kappa shape index (κ1) is 15.1. The van der Waals surface area contributed by atoms with E-state index in [0.717, 1.165) is 32.7 Å². The summed E-state index contributed by atoms with van der Waals surface area (Å²) in [6, 6.07) is 5.21. The van der Waals surface area contributed by atoms with Crippen molar-refractivity contribution in [2.45, 2.75) is 13.8 Å². The number of carbonyl (C=O) groups excluding carboxylic acids is 1. The molecule has 0 unspecified atom stereocenters. The van der Waals surface area contributed by atoms with Crippen molar-refractivity contribution in [1.82, 2.24) is 9.80 Å². The molecule has 0 aliphatic carbocycles. The van der Waals surface area contributed by atoms with Crippen LogP contribution in [0.1, 0.15) is 24.2 Å². The molecular weight excluding hydrogens is 274 g/mol. The molecule has 0 saturated carbocycles. The van der Waals surface area contributed by atoms with E-state index in [1.54, 1.807) is 18.2 Å². The highest BCUT2D eigenvalue weighted by molar-refractivity contribution is 6.33. The second kappa shape index (κ2) is 6.46. The molecule has 0 radical (unpaired) electrons. The Hall–Kier alpha value is -1.26. The van der Waals surface area contributed by atoms with Gasteiger partial charge in [-0.15, -0.1) is 0 Å². The minimum absolute atomic E-state index is 0.0193. The summed E-state index contributed by atoms with van der Waals surface area (Å²) in [5, 5.41) is 0.439. The molecule has 4 nitrogen and oxygen atoms in total. The molecule has 1 aliphatic rings. The molecular formula is C15H22ClN3O. The molecule has 5 heteroatoms. The first-order valence-corrected chi connectivity index (χ1v) is 7.42. The monoisotopic (exact) mass is 295 g/mol. The third-order valence-corrected chi connectivity index (χ3v) is 3.90. The van der Waals surface area contributed by atoms with Gasteiger partial charge in [-0.3, -0.25) is 9.69 Å². The van der Waals surface area contributed by atoms with E-state index in [4.69, 9.17) is 17.3 Å². The van der Waals surface area contributed by atoms with Gasteiger partial charge in [0.2, 0.25) is 0 Å². The minimum atomic E-state index is -0.0193. The molecule has 1 heterocycles. The summed E-state index contributed by atoms with van der Waals surface area (Å²) in [5.41, 5.74) is 6.78. The van der Waals surface area contributed by atoms with Crippen LogP contribution in [0.5, 0.6) is 0 Å². The van der Waals surface area contributed by atoms with Gasteiger partial charge in [0.15, 0.2) is 0 Å². The van der Waals surface area contributed by atoms with Crippen LogP contribution in [0.4, 0.5) is 5.69 Å². The van der Waals surface area contributed by atoms with Crippen molar-refractivity contribution in [2.75, 3.05) is 38.5 Å². The molecule has 20 heavy (non-hydrogen) atoms. The smallest absolute Gasteiger partial charge is 0.256 e. The molecule has 2 N–H and O–H groups in total. The average molecular weight is 296 g/mol. The number of nitrogen functional groups attached to an aromatic ring is 1. The maximum atomic E-state index is 12.5. The van der Waals surface area contributed by atoms with Gasteiger partial charge in [-0.2, -0.15) is 0 Å². The lowest BCUT2D eigenvalue weighted by atomic mass is 10.1. The van der Waals surface area contributed by atoms with Crippen molar-refractivity contribution in [2.24, 2.45) is 5.92 Å². The number of benzene rings is 1. The van der Waals surface area contributed by atoms with E-state index in [0.29, 0.717) is 22.2 Å². The summed E-state index contributed by atoms with van der Waals surface area (Å²) in [5.74, 6) is 0.634. The molecule has 0 spiro atoms. The zero-order valence-corrected chi connectivity index (χ0v) is 12.9. The second-order valence-electron chi connectivity index (χ2n) is 5.69. The maximum absolute atomic E-state index is 12.5. The number of nitrogens with two attached hydrogens (primary N) is 1. The van der Waals surface area contributed by atoms with E-state index in [-0.39, 0.29) is 5.91 Å². The predicted octanol–water partition coefficient (Wildman–Crippen LogP) is 2.34. The molecule has 2 rings (SSSR count). The van der Waals surface area contributed by atoms with Gasteiger partial charge in [-0.05, 0) is 18.1 Å². The van der Waals surface area contributed by atoms with Gasteiger partial charge in [0, 0.05) is 32.7 Å². The lowest BCUT2D eigenvalue weighted by Crippen LogP contribution is -2.49. The van der Waals surface area contributed by atoms with Crippen LogP contribution in [-0.2, 0) is 0 Å². The fourth-order valence-electron chi connectivity index (χ4n) is 2.54. The van der Waals surface area contributed by atoms with Gasteiger partial charge >= 0.3 is 0 Å². The normalized spacial score (nSPS) is 16.7. The van der Waals surface area contributed by atoms with Crippen LogP contribution < -0.4 is 5.73 Å². The molecule has 0 bridgehead atoms. The molecule has 1 amide bonds. The molecule has 110 valence electrons. The molecule has 1 aromatic carbocycles. The highest BCUT2D eigenvalue weighted by Crippen LogP contribution is 2.24. The fourth-order valence-corrected chi connectivity index (χ4v) is 2.72. The van der Waals surface area contributed by atoms with E-state index in [1.165, 1.54) is 0 Å². The number of hydrogen-bond acceptors (Lipinski definition) is 3. The molecule has 1 aliphatic heterocycles. The maximum Gasteiger partial charge on any atom is 0.256 e. The van der Waals surface area contributed by atoms with Crippen molar-refractivity contribution < 1.29 is 4.79 Å². The molecule has 0 aromatic heterocycles. The van der Waals surface area contributed by atoms with Crippen LogP contribution in [0.25, 0.3) is 0 Å². The van der Waals surface area contributed by atoms with Crippen LogP contribution in [0.3, 0.4) is 0 Å². The third-order valence-electron chi connectivity index (χ3n) is 3.57. The van der Waals surface area contributed by atoms with Crippen LogP contribution in [0.15, 0.2) is 18.2 Å². The Balaban J connectivity index is 2.00. The van der Waals surface area contributed by atoms with Crippen LogP contribution in [0, 0.1) is 5.92 Å². The van der Waals surface area contributed by atoms with Crippen molar-refractivity contribution in [3.63, 3.8) is 0 Å². The number of para-hydroxylation sites is 1. The van der Waals surface area contributed by atoms with Gasteiger partial charge in [-0.25, -0.2) is 0 Å². The Morgan fingerprint density at radius 1 is 1.30 bits per heavy atom. The standard InChI is InChI=1S/C15H22ClN3O/c1-11(2)10-18-6-8-19(9-7-18)15(20)12-4-3-5-13(16)14(12)17/h3-5,11H,6-10,17H2,1-2H3. The van der Waals surface area contributed by atoms with Gasteiger partial charge in [0.25, 0.3) is 5.91 Å². The second-order valence-corrected chi connectivity index (χ2v) is 6.09. The quantitative estimate of drug-likeness (QED) is 0.871. The fraction of sp³-hybridized carbons (Fsp3) is 0.533. The van der Waals surface area contributed by atoms with Crippen molar-refractivity contribution in [3.8, 4) is 0 Å². The molecule has 1 saturated heterocycles. The SMILES string of the molecule is CC(C)CN1CCN(C(=O)c2cccc(Cl)c2N)CC1. The van der Waals surface area contributed by atoms with Gasteiger partial charge in [-0.1, -0.05) is 31.5 Å². The summed E-state index contributed by atoms with van der Waals surface area (Å²) in [4.78, 5) is 16.7. The average Bonchev–Trinajstić information content (AvgIpc) is 2.41. The van der Waals surface area contributed by atoms with Crippen LogP contribution >= 0.6 is 11.6 Å². The number of amides is 1. The lowest BCUT2D eigenvalue weighted by Gasteiger charge is -2.35. The number of rotatable bonds is 3. The first-order chi connectivity index (χ1) is 9.49. The van der Waals surface area contributed by atoms with E-state index in [1.807, 2.05) is 4.90 Å². The number of nitrogens with zero attached hydrogens (tertiary/aromatic N) is 2. The summed E-state index contributed by atoms with van der Waals surface area (Å²) in [6.07, 6.45) is 0. The van der Waals surface area contributed by atoms with Crippen LogP contribution in [0.2, 0.25) is 5.02 Å². The zero-order chi connectivity index (χ0) is 14.7. The van der Waals surface area contributed by atoms with E-state index >= 15 is 0 Å². The van der Waals surface area contributed by atoms with Crippen LogP contribution in [-0.4, -0.2) is 48.4 Å². The summed E-state index contributed by atoms with van der Waals surface area (Å²) < 4.78 is 0. The third kappa shape index (κ3) is 3.44.